The number of carbonyl (C=O) groups is 2. The summed E-state index contributed by atoms with van der Waals surface area (Å²) in [6.45, 7) is 4.17. The summed E-state index contributed by atoms with van der Waals surface area (Å²) >= 11 is 0. The second-order valence-corrected chi connectivity index (χ2v) is 3.59. The summed E-state index contributed by atoms with van der Waals surface area (Å²) < 4.78 is 0. The Morgan fingerprint density at radius 2 is 2.06 bits per heavy atom. The van der Waals surface area contributed by atoms with E-state index in [0.717, 1.165) is 19.3 Å². The zero-order valence-corrected chi connectivity index (χ0v) is 9.91. The Hall–Kier alpha value is -1.14. The molecule has 0 aliphatic heterocycles. The van der Waals surface area contributed by atoms with E-state index in [1.807, 2.05) is 0 Å². The van der Waals surface area contributed by atoms with Crippen LogP contribution in [0.5, 0.6) is 0 Å². The molecule has 0 aliphatic rings. The van der Waals surface area contributed by atoms with Gasteiger partial charge in [0.1, 0.15) is 12.6 Å². The smallest absolute Gasteiger partial charge is 0.245 e. The average Bonchev–Trinajstić information content (AvgIpc) is 2.23. The van der Waals surface area contributed by atoms with Gasteiger partial charge in [0.05, 0.1) is 0 Å². The summed E-state index contributed by atoms with van der Waals surface area (Å²) in [6, 6.07) is -0.499. The SMILES string of the molecule is CCCCCNC(=O)C(C)NOCC(N)=O. The maximum atomic E-state index is 11.4. The van der Waals surface area contributed by atoms with Crippen LogP contribution in [-0.4, -0.2) is 31.0 Å². The molecular formula is C10H21N3O3. The van der Waals surface area contributed by atoms with Crippen LogP contribution in [0.3, 0.4) is 0 Å². The molecule has 0 aliphatic carbocycles. The van der Waals surface area contributed by atoms with Crippen molar-refractivity contribution in [2.75, 3.05) is 13.2 Å². The molecule has 2 amide bonds. The highest BCUT2D eigenvalue weighted by atomic mass is 16.6. The fourth-order valence-corrected chi connectivity index (χ4v) is 1.03. The molecule has 94 valence electrons. The molecule has 0 radical (unpaired) electrons. The first-order valence-corrected chi connectivity index (χ1v) is 5.51. The van der Waals surface area contributed by atoms with E-state index in [4.69, 9.17) is 10.6 Å². The zero-order valence-electron chi connectivity index (χ0n) is 9.91. The maximum absolute atomic E-state index is 11.4. The lowest BCUT2D eigenvalue weighted by atomic mass is 10.2. The van der Waals surface area contributed by atoms with Crippen LogP contribution in [0.25, 0.3) is 0 Å². The Morgan fingerprint density at radius 3 is 2.62 bits per heavy atom. The van der Waals surface area contributed by atoms with Crippen LogP contribution in [0.2, 0.25) is 0 Å². The number of rotatable bonds is 9. The van der Waals surface area contributed by atoms with Crippen LogP contribution in [-0.2, 0) is 14.4 Å². The zero-order chi connectivity index (χ0) is 12.4. The van der Waals surface area contributed by atoms with Gasteiger partial charge in [0.25, 0.3) is 0 Å². The van der Waals surface area contributed by atoms with Gasteiger partial charge in [-0.25, -0.2) is 0 Å². The predicted molar refractivity (Wildman–Crippen MR) is 60.3 cm³/mol. The van der Waals surface area contributed by atoms with Crippen molar-refractivity contribution in [2.45, 2.75) is 39.2 Å². The highest BCUT2D eigenvalue weighted by Gasteiger charge is 2.11. The Balaban J connectivity index is 3.53. The number of carbonyl (C=O) groups excluding carboxylic acids is 2. The second kappa shape index (κ2) is 9.11. The van der Waals surface area contributed by atoms with Gasteiger partial charge in [0, 0.05) is 6.54 Å². The molecule has 0 aromatic heterocycles. The van der Waals surface area contributed by atoms with Gasteiger partial charge in [-0.15, -0.1) is 0 Å². The molecule has 0 fully saturated rings. The molecule has 0 bridgehead atoms. The number of hydrogen-bond donors (Lipinski definition) is 3. The molecule has 4 N–H and O–H groups in total. The summed E-state index contributed by atoms with van der Waals surface area (Å²) in [4.78, 5) is 26.5. The van der Waals surface area contributed by atoms with Gasteiger partial charge in [-0.2, -0.15) is 5.48 Å². The monoisotopic (exact) mass is 231 g/mol. The van der Waals surface area contributed by atoms with Crippen LogP contribution in [0.1, 0.15) is 33.1 Å². The van der Waals surface area contributed by atoms with Crippen molar-refractivity contribution in [1.82, 2.24) is 10.8 Å². The van der Waals surface area contributed by atoms with Crippen LogP contribution in [0.15, 0.2) is 0 Å². The van der Waals surface area contributed by atoms with E-state index in [1.165, 1.54) is 0 Å². The van der Waals surface area contributed by atoms with Crippen molar-refractivity contribution in [3.05, 3.63) is 0 Å². The number of hydrogen-bond acceptors (Lipinski definition) is 4. The van der Waals surface area contributed by atoms with Crippen molar-refractivity contribution in [1.29, 1.82) is 0 Å². The molecule has 6 nitrogen and oxygen atoms in total. The van der Waals surface area contributed by atoms with Gasteiger partial charge in [-0.1, -0.05) is 19.8 Å². The van der Waals surface area contributed by atoms with Crippen LogP contribution < -0.4 is 16.5 Å². The summed E-state index contributed by atoms with van der Waals surface area (Å²) in [5, 5.41) is 2.76. The van der Waals surface area contributed by atoms with E-state index >= 15 is 0 Å². The summed E-state index contributed by atoms with van der Waals surface area (Å²) in [7, 11) is 0. The van der Waals surface area contributed by atoms with Crippen molar-refractivity contribution in [3.8, 4) is 0 Å². The van der Waals surface area contributed by atoms with Crippen molar-refractivity contribution < 1.29 is 14.4 Å². The fraction of sp³-hybridized carbons (Fsp3) is 0.800. The minimum absolute atomic E-state index is 0.152. The molecule has 0 aromatic carbocycles. The Kier molecular flexibility index (Phi) is 8.46. The number of unbranched alkanes of at least 4 members (excludes halogenated alkanes) is 2. The van der Waals surface area contributed by atoms with E-state index < -0.39 is 11.9 Å². The quantitative estimate of drug-likeness (QED) is 0.375. The van der Waals surface area contributed by atoms with Crippen LogP contribution >= 0.6 is 0 Å². The molecule has 0 saturated carbocycles. The number of amides is 2. The first-order valence-electron chi connectivity index (χ1n) is 5.51. The fourth-order valence-electron chi connectivity index (χ4n) is 1.03. The molecule has 1 atom stereocenters. The van der Waals surface area contributed by atoms with E-state index in [0.29, 0.717) is 6.54 Å². The number of nitrogens with two attached hydrogens (primary N) is 1. The third-order valence-electron chi connectivity index (χ3n) is 1.95. The first kappa shape index (κ1) is 14.9. The third kappa shape index (κ3) is 8.19. The lowest BCUT2D eigenvalue weighted by Crippen LogP contribution is -2.43. The molecule has 1 unspecified atom stereocenters. The maximum Gasteiger partial charge on any atom is 0.245 e. The van der Waals surface area contributed by atoms with Crippen LogP contribution in [0.4, 0.5) is 0 Å². The minimum atomic E-state index is -0.581. The summed E-state index contributed by atoms with van der Waals surface area (Å²) in [5.74, 6) is -0.733. The van der Waals surface area contributed by atoms with Gasteiger partial charge in [0.15, 0.2) is 0 Å². The lowest BCUT2D eigenvalue weighted by Gasteiger charge is -2.13. The normalized spacial score (nSPS) is 12.1. The van der Waals surface area contributed by atoms with Gasteiger partial charge < -0.3 is 11.1 Å². The van der Waals surface area contributed by atoms with Gasteiger partial charge in [-0.05, 0) is 13.3 Å². The van der Waals surface area contributed by atoms with E-state index in [-0.39, 0.29) is 12.5 Å². The Bertz CT molecular complexity index is 221. The largest absolute Gasteiger partial charge is 0.368 e. The number of hydroxylamine groups is 1. The number of primary amides is 1. The van der Waals surface area contributed by atoms with E-state index in [1.54, 1.807) is 6.92 Å². The molecule has 0 spiro atoms. The van der Waals surface area contributed by atoms with Crippen molar-refractivity contribution >= 4 is 11.8 Å². The Labute approximate surface area is 95.9 Å². The molecule has 16 heavy (non-hydrogen) atoms. The molecular weight excluding hydrogens is 210 g/mol. The third-order valence-corrected chi connectivity index (χ3v) is 1.95. The standard InChI is InChI=1S/C10H21N3O3/c1-3-4-5-6-12-10(15)8(2)13-16-7-9(11)14/h8,13H,3-7H2,1-2H3,(H2,11,14)(H,12,15). The molecule has 6 heteroatoms. The van der Waals surface area contributed by atoms with Gasteiger partial charge in [0.2, 0.25) is 11.8 Å². The molecule has 0 heterocycles. The van der Waals surface area contributed by atoms with Crippen molar-refractivity contribution in [3.63, 3.8) is 0 Å². The van der Waals surface area contributed by atoms with Crippen LogP contribution in [0, 0.1) is 0 Å². The Morgan fingerprint density at radius 1 is 1.38 bits per heavy atom. The molecule has 0 aromatic rings. The second-order valence-electron chi connectivity index (χ2n) is 3.59. The average molecular weight is 231 g/mol. The van der Waals surface area contributed by atoms with Gasteiger partial charge >= 0.3 is 0 Å². The molecule has 0 rings (SSSR count). The first-order chi connectivity index (χ1) is 7.57. The highest BCUT2D eigenvalue weighted by molar-refractivity contribution is 5.81. The molecule has 0 saturated heterocycles. The number of nitrogens with one attached hydrogen (secondary N) is 2. The highest BCUT2D eigenvalue weighted by Crippen LogP contribution is 1.91. The minimum Gasteiger partial charge on any atom is -0.368 e. The predicted octanol–water partition coefficient (Wildman–Crippen LogP) is -0.312. The topological polar surface area (TPSA) is 93.4 Å². The van der Waals surface area contributed by atoms with Crippen molar-refractivity contribution in [2.24, 2.45) is 5.73 Å². The lowest BCUT2D eigenvalue weighted by molar-refractivity contribution is -0.132. The van der Waals surface area contributed by atoms with Gasteiger partial charge in [-0.3, -0.25) is 14.4 Å². The van der Waals surface area contributed by atoms with E-state index in [2.05, 4.69) is 17.7 Å². The summed E-state index contributed by atoms with van der Waals surface area (Å²) in [5.41, 5.74) is 7.31. The summed E-state index contributed by atoms with van der Waals surface area (Å²) in [6.07, 6.45) is 3.18. The van der Waals surface area contributed by atoms with E-state index in [9.17, 15) is 9.59 Å².